The van der Waals surface area contributed by atoms with E-state index in [4.69, 9.17) is 9.72 Å². The van der Waals surface area contributed by atoms with Crippen molar-refractivity contribution >= 4 is 16.7 Å². The van der Waals surface area contributed by atoms with Crippen LogP contribution in [0.25, 0.3) is 33.2 Å². The van der Waals surface area contributed by atoms with Crippen molar-refractivity contribution in [1.82, 2.24) is 9.88 Å². The Hall–Kier alpha value is -3.41. The molecule has 0 saturated carbocycles. The number of hydrogen-bond acceptors (Lipinski definition) is 4. The summed E-state index contributed by atoms with van der Waals surface area (Å²) < 4.78 is 20.4. The van der Waals surface area contributed by atoms with Crippen LogP contribution < -0.4 is 0 Å². The number of ketones is 1. The van der Waals surface area contributed by atoms with E-state index in [1.807, 2.05) is 19.1 Å². The van der Waals surface area contributed by atoms with Crippen molar-refractivity contribution < 1.29 is 13.9 Å². The standard InChI is InChI=1S/C31H31FN2O2/c1-4-29(35)27-18-25(24-7-5-6-8-26(24)32)31-21(3)30(20(2)17-28(31)33-27)23-11-9-22(10-12-23)19-34-13-15-36-16-14-34/h5-12,17-18H,4,13-16,19H2,1-3H3. The van der Waals surface area contributed by atoms with Crippen LogP contribution in [0, 0.1) is 19.7 Å². The smallest absolute Gasteiger partial charge is 0.180 e. The van der Waals surface area contributed by atoms with Gasteiger partial charge in [-0.3, -0.25) is 9.69 Å². The molecule has 0 amide bonds. The molecule has 3 aromatic carbocycles. The molecule has 1 aliphatic heterocycles. The molecule has 1 aromatic heterocycles. The SMILES string of the molecule is CCC(=O)c1cc(-c2ccccc2F)c2c(C)c(-c3ccc(CN4CCOCC4)cc3)c(C)cc2n1. The minimum absolute atomic E-state index is 0.0512. The third-order valence-corrected chi connectivity index (χ3v) is 7.07. The Balaban J connectivity index is 1.63. The van der Waals surface area contributed by atoms with Gasteiger partial charge in [0.15, 0.2) is 5.78 Å². The first-order chi connectivity index (χ1) is 17.5. The van der Waals surface area contributed by atoms with Crippen LogP contribution in [0.15, 0.2) is 60.7 Å². The minimum atomic E-state index is -0.311. The summed E-state index contributed by atoms with van der Waals surface area (Å²) in [6.45, 7) is 10.4. The first-order valence-electron chi connectivity index (χ1n) is 12.6. The van der Waals surface area contributed by atoms with Gasteiger partial charge in [-0.05, 0) is 65.4 Å². The highest BCUT2D eigenvalue weighted by atomic mass is 19.1. The summed E-state index contributed by atoms with van der Waals surface area (Å²) in [5, 5.41) is 0.880. The molecule has 2 heterocycles. The molecule has 1 aliphatic rings. The van der Waals surface area contributed by atoms with Gasteiger partial charge in [0, 0.05) is 37.0 Å². The number of halogens is 1. The lowest BCUT2D eigenvalue weighted by Gasteiger charge is -2.26. The summed E-state index contributed by atoms with van der Waals surface area (Å²) in [6, 6.07) is 19.2. The highest BCUT2D eigenvalue weighted by Gasteiger charge is 2.20. The zero-order chi connectivity index (χ0) is 25.2. The zero-order valence-corrected chi connectivity index (χ0v) is 21.1. The summed E-state index contributed by atoms with van der Waals surface area (Å²) in [5.41, 5.74) is 7.90. The molecule has 0 aliphatic carbocycles. The van der Waals surface area contributed by atoms with Crippen LogP contribution in [0.1, 0.15) is 40.5 Å². The fourth-order valence-electron chi connectivity index (χ4n) is 5.22. The Morgan fingerprint density at radius 2 is 1.72 bits per heavy atom. The second-order valence-corrected chi connectivity index (χ2v) is 9.48. The number of Topliss-reactive ketones (excluding diaryl/α,β-unsaturated/α-hetero) is 1. The van der Waals surface area contributed by atoms with Gasteiger partial charge in [-0.25, -0.2) is 9.37 Å². The molecule has 1 saturated heterocycles. The summed E-state index contributed by atoms with van der Waals surface area (Å²) >= 11 is 0. The van der Waals surface area contributed by atoms with E-state index in [1.54, 1.807) is 18.2 Å². The second kappa shape index (κ2) is 10.3. The van der Waals surface area contributed by atoms with E-state index in [2.05, 4.69) is 43.0 Å². The fourth-order valence-corrected chi connectivity index (χ4v) is 5.22. The van der Waals surface area contributed by atoms with Gasteiger partial charge < -0.3 is 4.74 Å². The first-order valence-corrected chi connectivity index (χ1v) is 12.6. The van der Waals surface area contributed by atoms with Crippen molar-refractivity contribution in [2.24, 2.45) is 0 Å². The van der Waals surface area contributed by atoms with E-state index in [9.17, 15) is 9.18 Å². The van der Waals surface area contributed by atoms with E-state index in [-0.39, 0.29) is 11.6 Å². The van der Waals surface area contributed by atoms with Crippen LogP contribution in [0.2, 0.25) is 0 Å². The van der Waals surface area contributed by atoms with E-state index in [1.165, 1.54) is 11.6 Å². The van der Waals surface area contributed by atoms with Gasteiger partial charge in [-0.2, -0.15) is 0 Å². The third-order valence-electron chi connectivity index (χ3n) is 7.07. The van der Waals surface area contributed by atoms with Crippen molar-refractivity contribution in [3.63, 3.8) is 0 Å². The topological polar surface area (TPSA) is 42.4 Å². The quantitative estimate of drug-likeness (QED) is 0.285. The van der Waals surface area contributed by atoms with Gasteiger partial charge in [0.2, 0.25) is 0 Å². The lowest BCUT2D eigenvalue weighted by molar-refractivity contribution is 0.0342. The molecule has 0 atom stereocenters. The Morgan fingerprint density at radius 1 is 1.00 bits per heavy atom. The van der Waals surface area contributed by atoms with Crippen molar-refractivity contribution in [2.45, 2.75) is 33.7 Å². The average Bonchev–Trinajstić information content (AvgIpc) is 2.89. The monoisotopic (exact) mass is 482 g/mol. The molecule has 5 heteroatoms. The number of morpholine rings is 1. The Kier molecular flexibility index (Phi) is 6.95. The third kappa shape index (κ3) is 4.69. The number of hydrogen-bond donors (Lipinski definition) is 0. The van der Waals surface area contributed by atoms with Crippen LogP contribution in [0.5, 0.6) is 0 Å². The number of carbonyl (C=O) groups excluding carboxylic acids is 1. The largest absolute Gasteiger partial charge is 0.379 e. The van der Waals surface area contributed by atoms with Gasteiger partial charge in [0.25, 0.3) is 0 Å². The molecule has 4 nitrogen and oxygen atoms in total. The summed E-state index contributed by atoms with van der Waals surface area (Å²) in [6.07, 6.45) is 0.349. The number of fused-ring (bicyclic) bond motifs is 1. The van der Waals surface area contributed by atoms with Crippen molar-refractivity contribution in [1.29, 1.82) is 0 Å². The number of nitrogens with zero attached hydrogens (tertiary/aromatic N) is 2. The predicted octanol–water partition coefficient (Wildman–Crippen LogP) is 6.75. The molecule has 1 fully saturated rings. The molecule has 0 spiro atoms. The van der Waals surface area contributed by atoms with Gasteiger partial charge in [-0.15, -0.1) is 0 Å². The maximum absolute atomic E-state index is 15.0. The lowest BCUT2D eigenvalue weighted by Crippen LogP contribution is -2.35. The molecule has 5 rings (SSSR count). The molecular weight excluding hydrogens is 451 g/mol. The number of benzene rings is 3. The van der Waals surface area contributed by atoms with Crippen LogP contribution in [-0.2, 0) is 11.3 Å². The summed E-state index contributed by atoms with van der Waals surface area (Å²) in [5.74, 6) is -0.362. The fraction of sp³-hybridized carbons (Fsp3) is 0.290. The van der Waals surface area contributed by atoms with Crippen molar-refractivity contribution in [3.05, 3.63) is 88.9 Å². The summed E-state index contributed by atoms with van der Waals surface area (Å²) in [4.78, 5) is 19.7. The Morgan fingerprint density at radius 3 is 2.42 bits per heavy atom. The zero-order valence-electron chi connectivity index (χ0n) is 21.1. The normalized spacial score (nSPS) is 14.3. The van der Waals surface area contributed by atoms with E-state index in [0.717, 1.165) is 66.0 Å². The van der Waals surface area contributed by atoms with Gasteiger partial charge >= 0.3 is 0 Å². The molecule has 0 bridgehead atoms. The van der Waals surface area contributed by atoms with Crippen molar-refractivity contribution in [2.75, 3.05) is 26.3 Å². The Bertz CT molecular complexity index is 1420. The number of rotatable bonds is 6. The molecule has 4 aromatic rings. The average molecular weight is 483 g/mol. The molecular formula is C31H31FN2O2. The Labute approximate surface area is 211 Å². The number of aromatic nitrogens is 1. The van der Waals surface area contributed by atoms with E-state index >= 15 is 0 Å². The van der Waals surface area contributed by atoms with E-state index in [0.29, 0.717) is 23.2 Å². The van der Waals surface area contributed by atoms with Crippen LogP contribution in [-0.4, -0.2) is 42.0 Å². The number of aryl methyl sites for hydroxylation is 2. The minimum Gasteiger partial charge on any atom is -0.379 e. The van der Waals surface area contributed by atoms with Crippen LogP contribution >= 0.6 is 0 Å². The molecule has 184 valence electrons. The van der Waals surface area contributed by atoms with Crippen LogP contribution in [0.3, 0.4) is 0 Å². The second-order valence-electron chi connectivity index (χ2n) is 9.48. The van der Waals surface area contributed by atoms with Crippen LogP contribution in [0.4, 0.5) is 4.39 Å². The predicted molar refractivity (Wildman–Crippen MR) is 143 cm³/mol. The van der Waals surface area contributed by atoms with Gasteiger partial charge in [-0.1, -0.05) is 49.4 Å². The molecule has 0 N–H and O–H groups in total. The van der Waals surface area contributed by atoms with Gasteiger partial charge in [0.05, 0.1) is 18.7 Å². The maximum Gasteiger partial charge on any atom is 0.180 e. The maximum atomic E-state index is 15.0. The molecule has 36 heavy (non-hydrogen) atoms. The first kappa shape index (κ1) is 24.3. The van der Waals surface area contributed by atoms with E-state index < -0.39 is 0 Å². The number of ether oxygens (including phenoxy) is 1. The number of pyridine rings is 1. The molecule has 0 unspecified atom stereocenters. The number of carbonyl (C=O) groups is 1. The molecule has 0 radical (unpaired) electrons. The summed E-state index contributed by atoms with van der Waals surface area (Å²) in [7, 11) is 0. The highest BCUT2D eigenvalue weighted by Crippen LogP contribution is 2.39. The lowest BCUT2D eigenvalue weighted by atomic mass is 9.88. The highest BCUT2D eigenvalue weighted by molar-refractivity contribution is 6.05. The van der Waals surface area contributed by atoms with Crippen molar-refractivity contribution in [3.8, 4) is 22.3 Å². The van der Waals surface area contributed by atoms with Gasteiger partial charge in [0.1, 0.15) is 11.5 Å².